The summed E-state index contributed by atoms with van der Waals surface area (Å²) in [6.07, 6.45) is 1.85. The predicted octanol–water partition coefficient (Wildman–Crippen LogP) is 1.87. The fraction of sp³-hybridized carbons (Fsp3) is 0.533. The zero-order valence-corrected chi connectivity index (χ0v) is 11.6. The van der Waals surface area contributed by atoms with Crippen molar-refractivity contribution in [2.24, 2.45) is 5.92 Å². The minimum atomic E-state index is 0.0116. The molecule has 4 nitrogen and oxygen atoms in total. The van der Waals surface area contributed by atoms with Crippen LogP contribution in [0.15, 0.2) is 24.3 Å². The largest absolute Gasteiger partial charge is 0.497 e. The molecule has 0 spiro atoms. The molecule has 0 aliphatic carbocycles. The van der Waals surface area contributed by atoms with Crippen LogP contribution in [0.5, 0.6) is 5.75 Å². The lowest BCUT2D eigenvalue weighted by molar-refractivity contribution is -0.126. The summed E-state index contributed by atoms with van der Waals surface area (Å²) in [6, 6.07) is 7.84. The van der Waals surface area contributed by atoms with Crippen molar-refractivity contribution in [3.63, 3.8) is 0 Å². The van der Waals surface area contributed by atoms with Gasteiger partial charge >= 0.3 is 0 Å². The highest BCUT2D eigenvalue weighted by molar-refractivity contribution is 5.79. The quantitative estimate of drug-likeness (QED) is 0.871. The Morgan fingerprint density at radius 3 is 2.84 bits per heavy atom. The van der Waals surface area contributed by atoms with Gasteiger partial charge in [-0.05, 0) is 50.6 Å². The van der Waals surface area contributed by atoms with E-state index >= 15 is 0 Å². The maximum atomic E-state index is 12.2. The van der Waals surface area contributed by atoms with Gasteiger partial charge in [0.2, 0.25) is 5.91 Å². The third-order valence-electron chi connectivity index (χ3n) is 3.66. The van der Waals surface area contributed by atoms with Crippen LogP contribution in [-0.4, -0.2) is 26.1 Å². The molecule has 0 bridgehead atoms. The minimum absolute atomic E-state index is 0.0116. The van der Waals surface area contributed by atoms with Crippen LogP contribution in [0.4, 0.5) is 0 Å². The molecule has 1 fully saturated rings. The van der Waals surface area contributed by atoms with E-state index in [-0.39, 0.29) is 17.9 Å². The van der Waals surface area contributed by atoms with Gasteiger partial charge in [0, 0.05) is 5.92 Å². The second-order valence-electron chi connectivity index (χ2n) is 5.03. The first-order chi connectivity index (χ1) is 9.20. The molecular formula is C15H22N2O2. The van der Waals surface area contributed by atoms with E-state index < -0.39 is 0 Å². The van der Waals surface area contributed by atoms with Crippen LogP contribution in [0.1, 0.15) is 31.4 Å². The number of carbonyl (C=O) groups excluding carboxylic acids is 1. The van der Waals surface area contributed by atoms with Gasteiger partial charge in [0.15, 0.2) is 0 Å². The van der Waals surface area contributed by atoms with Crippen LogP contribution >= 0.6 is 0 Å². The van der Waals surface area contributed by atoms with E-state index in [9.17, 15) is 4.79 Å². The van der Waals surface area contributed by atoms with Gasteiger partial charge in [-0.15, -0.1) is 0 Å². The molecular weight excluding hydrogens is 240 g/mol. The number of benzene rings is 1. The Bertz CT molecular complexity index is 428. The fourth-order valence-electron chi connectivity index (χ4n) is 2.41. The van der Waals surface area contributed by atoms with E-state index in [4.69, 9.17) is 4.74 Å². The summed E-state index contributed by atoms with van der Waals surface area (Å²) in [4.78, 5) is 12.2. The molecule has 0 aromatic heterocycles. The van der Waals surface area contributed by atoms with Crippen LogP contribution in [0.2, 0.25) is 0 Å². The summed E-state index contributed by atoms with van der Waals surface area (Å²) in [5, 5.41) is 6.37. The molecule has 0 saturated carbocycles. The van der Waals surface area contributed by atoms with Crippen LogP contribution in [0.25, 0.3) is 0 Å². The van der Waals surface area contributed by atoms with E-state index in [0.717, 1.165) is 37.2 Å². The molecule has 2 rings (SSSR count). The Hall–Kier alpha value is -1.55. The number of methoxy groups -OCH3 is 1. The van der Waals surface area contributed by atoms with E-state index in [1.807, 2.05) is 31.2 Å². The molecule has 4 heteroatoms. The van der Waals surface area contributed by atoms with Crippen molar-refractivity contribution in [2.75, 3.05) is 20.2 Å². The molecule has 1 aliphatic heterocycles. The zero-order valence-electron chi connectivity index (χ0n) is 11.6. The Kier molecular flexibility index (Phi) is 4.80. The monoisotopic (exact) mass is 262 g/mol. The number of hydrogen-bond acceptors (Lipinski definition) is 3. The Morgan fingerprint density at radius 1 is 1.42 bits per heavy atom. The standard InChI is InChI=1S/C15H22N2O2/c1-11(13-4-3-5-14(10-13)19-2)17-15(18)12-6-8-16-9-7-12/h3-5,10-12,16H,6-9H2,1-2H3,(H,17,18)/t11-/m1/s1. The third kappa shape index (κ3) is 3.70. The molecule has 104 valence electrons. The molecule has 1 atom stereocenters. The number of carbonyl (C=O) groups is 1. The summed E-state index contributed by atoms with van der Waals surface area (Å²) >= 11 is 0. The van der Waals surface area contributed by atoms with Crippen molar-refractivity contribution >= 4 is 5.91 Å². The van der Waals surface area contributed by atoms with Gasteiger partial charge < -0.3 is 15.4 Å². The smallest absolute Gasteiger partial charge is 0.223 e. The number of ether oxygens (including phenoxy) is 1. The molecule has 19 heavy (non-hydrogen) atoms. The summed E-state index contributed by atoms with van der Waals surface area (Å²) in [5.41, 5.74) is 1.07. The van der Waals surface area contributed by atoms with E-state index in [1.165, 1.54) is 0 Å². The number of piperidine rings is 1. The Balaban J connectivity index is 1.95. The van der Waals surface area contributed by atoms with E-state index in [0.29, 0.717) is 0 Å². The molecule has 0 unspecified atom stereocenters. The summed E-state index contributed by atoms with van der Waals surface area (Å²) in [6.45, 7) is 3.88. The van der Waals surface area contributed by atoms with Gasteiger partial charge in [0.05, 0.1) is 13.2 Å². The highest BCUT2D eigenvalue weighted by Gasteiger charge is 2.22. The van der Waals surface area contributed by atoms with Crippen molar-refractivity contribution in [1.29, 1.82) is 0 Å². The lowest BCUT2D eigenvalue weighted by Gasteiger charge is -2.24. The van der Waals surface area contributed by atoms with E-state index in [2.05, 4.69) is 10.6 Å². The molecule has 1 aromatic carbocycles. The second kappa shape index (κ2) is 6.57. The third-order valence-corrected chi connectivity index (χ3v) is 3.66. The number of rotatable bonds is 4. The van der Waals surface area contributed by atoms with Gasteiger partial charge in [-0.25, -0.2) is 0 Å². The molecule has 1 aromatic rings. The van der Waals surface area contributed by atoms with Gasteiger partial charge in [-0.3, -0.25) is 4.79 Å². The summed E-state index contributed by atoms with van der Waals surface area (Å²) in [7, 11) is 1.65. The van der Waals surface area contributed by atoms with Gasteiger partial charge in [0.25, 0.3) is 0 Å². The van der Waals surface area contributed by atoms with Crippen LogP contribution in [0.3, 0.4) is 0 Å². The SMILES string of the molecule is COc1cccc([C@@H](C)NC(=O)C2CCNCC2)c1. The fourth-order valence-corrected chi connectivity index (χ4v) is 2.41. The van der Waals surface area contributed by atoms with Gasteiger partial charge in [-0.1, -0.05) is 12.1 Å². The first-order valence-electron chi connectivity index (χ1n) is 6.85. The molecule has 2 N–H and O–H groups in total. The number of amides is 1. The number of hydrogen-bond donors (Lipinski definition) is 2. The Morgan fingerprint density at radius 2 is 2.16 bits per heavy atom. The molecule has 1 saturated heterocycles. The highest BCUT2D eigenvalue weighted by atomic mass is 16.5. The number of nitrogens with one attached hydrogen (secondary N) is 2. The first-order valence-corrected chi connectivity index (χ1v) is 6.85. The first kappa shape index (κ1) is 13.9. The normalized spacial score (nSPS) is 17.8. The lowest BCUT2D eigenvalue weighted by Crippen LogP contribution is -2.39. The van der Waals surface area contributed by atoms with Gasteiger partial charge in [-0.2, -0.15) is 0 Å². The second-order valence-corrected chi connectivity index (χ2v) is 5.03. The molecule has 1 heterocycles. The molecule has 1 amide bonds. The van der Waals surface area contributed by atoms with E-state index in [1.54, 1.807) is 7.11 Å². The maximum Gasteiger partial charge on any atom is 0.223 e. The minimum Gasteiger partial charge on any atom is -0.497 e. The lowest BCUT2D eigenvalue weighted by atomic mass is 9.96. The average Bonchev–Trinajstić information content (AvgIpc) is 2.48. The average molecular weight is 262 g/mol. The summed E-state index contributed by atoms with van der Waals surface area (Å²) in [5.74, 6) is 1.13. The van der Waals surface area contributed by atoms with Crippen molar-refractivity contribution < 1.29 is 9.53 Å². The topological polar surface area (TPSA) is 50.4 Å². The van der Waals surface area contributed by atoms with Crippen LogP contribution in [0, 0.1) is 5.92 Å². The predicted molar refractivity (Wildman–Crippen MR) is 75.1 cm³/mol. The van der Waals surface area contributed by atoms with Crippen molar-refractivity contribution in [1.82, 2.24) is 10.6 Å². The summed E-state index contributed by atoms with van der Waals surface area (Å²) < 4.78 is 5.21. The molecule has 1 aliphatic rings. The van der Waals surface area contributed by atoms with Gasteiger partial charge in [0.1, 0.15) is 5.75 Å². The van der Waals surface area contributed by atoms with Crippen molar-refractivity contribution in [3.05, 3.63) is 29.8 Å². The van der Waals surface area contributed by atoms with Crippen LogP contribution in [-0.2, 0) is 4.79 Å². The zero-order chi connectivity index (χ0) is 13.7. The molecule has 0 radical (unpaired) electrons. The highest BCUT2D eigenvalue weighted by Crippen LogP contribution is 2.20. The van der Waals surface area contributed by atoms with Crippen molar-refractivity contribution in [3.8, 4) is 5.75 Å². The van der Waals surface area contributed by atoms with Crippen molar-refractivity contribution in [2.45, 2.75) is 25.8 Å². The van der Waals surface area contributed by atoms with Crippen LogP contribution < -0.4 is 15.4 Å². The Labute approximate surface area is 114 Å². The maximum absolute atomic E-state index is 12.2.